The van der Waals surface area contributed by atoms with Gasteiger partial charge in [0.2, 0.25) is 0 Å². The summed E-state index contributed by atoms with van der Waals surface area (Å²) in [4.78, 5) is 20.1. The summed E-state index contributed by atoms with van der Waals surface area (Å²) in [6.45, 7) is 6.36. The Hall–Kier alpha value is -4.21. The predicted molar refractivity (Wildman–Crippen MR) is 148 cm³/mol. The third-order valence-corrected chi connectivity index (χ3v) is 7.51. The summed E-state index contributed by atoms with van der Waals surface area (Å²) in [5.74, 6) is -0.525. The number of morpholine rings is 1. The number of esters is 1. The Morgan fingerprint density at radius 2 is 1.61 bits per heavy atom. The summed E-state index contributed by atoms with van der Waals surface area (Å²) < 4.78 is 11.3. The van der Waals surface area contributed by atoms with Gasteiger partial charge in [-0.25, -0.2) is 0 Å². The summed E-state index contributed by atoms with van der Waals surface area (Å²) in [6, 6.07) is 24.3. The van der Waals surface area contributed by atoms with E-state index in [-0.39, 0.29) is 24.1 Å². The quantitative estimate of drug-likeness (QED) is 0.314. The molecular weight excluding hydrogens is 474 g/mol. The van der Waals surface area contributed by atoms with E-state index in [0.29, 0.717) is 18.6 Å². The number of rotatable bonds is 4. The zero-order chi connectivity index (χ0) is 26.2. The Balaban J connectivity index is 1.46. The van der Waals surface area contributed by atoms with Gasteiger partial charge in [-0.05, 0) is 61.2 Å². The number of cyclic esters (lactones) is 1. The number of anilines is 1. The molecule has 3 atom stereocenters. The van der Waals surface area contributed by atoms with Crippen LogP contribution in [0.2, 0.25) is 0 Å². The lowest BCUT2D eigenvalue weighted by Crippen LogP contribution is -2.45. The van der Waals surface area contributed by atoms with Crippen LogP contribution in [0.4, 0.5) is 5.69 Å². The molecule has 2 saturated heterocycles. The number of nitrogens with zero attached hydrogens (tertiary/aromatic N) is 3. The Morgan fingerprint density at radius 1 is 0.921 bits per heavy atom. The van der Waals surface area contributed by atoms with Gasteiger partial charge >= 0.3 is 5.97 Å². The van der Waals surface area contributed by atoms with Crippen LogP contribution in [0.1, 0.15) is 37.3 Å². The number of hydrogen-bond donors (Lipinski definition) is 0. The fourth-order valence-corrected chi connectivity index (χ4v) is 5.80. The molecule has 4 aromatic rings. The van der Waals surface area contributed by atoms with E-state index < -0.39 is 0 Å². The Morgan fingerprint density at radius 3 is 2.26 bits per heavy atom. The lowest BCUT2D eigenvalue weighted by molar-refractivity contribution is -0.139. The van der Waals surface area contributed by atoms with Crippen LogP contribution in [0, 0.1) is 11.3 Å². The van der Waals surface area contributed by atoms with Crippen molar-refractivity contribution < 1.29 is 14.3 Å². The van der Waals surface area contributed by atoms with Crippen molar-refractivity contribution in [2.45, 2.75) is 38.4 Å². The van der Waals surface area contributed by atoms with Gasteiger partial charge in [-0.1, -0.05) is 42.5 Å². The highest BCUT2D eigenvalue weighted by molar-refractivity contribution is 6.01. The highest BCUT2D eigenvalue weighted by atomic mass is 16.5. The standard InChI is InChI=1S/C32H29N3O3/c1-20-18-35(19-21(2)38-20)25-12-10-24(11-13-25)29-17-34-31-26(23-8-6-22(16-33)7-9-23)4-3-5-27(31)30(29)28-14-15-37-32(28)36/h3-13,17,20-21,28H,14-15,18-19H2,1-2H3/t20-,21+,28?. The molecule has 190 valence electrons. The molecule has 0 bridgehead atoms. The average Bonchev–Trinajstić information content (AvgIpc) is 3.37. The molecule has 38 heavy (non-hydrogen) atoms. The number of hydrogen-bond acceptors (Lipinski definition) is 6. The molecule has 1 unspecified atom stereocenters. The Bertz CT molecular complexity index is 1530. The van der Waals surface area contributed by atoms with Gasteiger partial charge in [-0.3, -0.25) is 9.78 Å². The van der Waals surface area contributed by atoms with Crippen LogP contribution in [0.5, 0.6) is 0 Å². The fourth-order valence-electron chi connectivity index (χ4n) is 5.80. The van der Waals surface area contributed by atoms with Crippen LogP contribution in [-0.4, -0.2) is 42.9 Å². The lowest BCUT2D eigenvalue weighted by atomic mass is 9.86. The highest BCUT2D eigenvalue weighted by Gasteiger charge is 2.32. The van der Waals surface area contributed by atoms with Gasteiger partial charge in [-0.2, -0.15) is 5.26 Å². The molecule has 3 aromatic carbocycles. The Kier molecular flexibility index (Phi) is 6.30. The van der Waals surface area contributed by atoms with Crippen LogP contribution in [-0.2, 0) is 14.3 Å². The number of pyridine rings is 1. The monoisotopic (exact) mass is 503 g/mol. The molecule has 0 radical (unpaired) electrons. The van der Waals surface area contributed by atoms with Gasteiger partial charge in [0.25, 0.3) is 0 Å². The van der Waals surface area contributed by atoms with E-state index in [1.165, 1.54) is 0 Å². The van der Waals surface area contributed by atoms with Gasteiger partial charge in [0, 0.05) is 41.5 Å². The maximum atomic E-state index is 12.9. The molecule has 2 aliphatic rings. The summed E-state index contributed by atoms with van der Waals surface area (Å²) in [5, 5.41) is 10.1. The first-order valence-electron chi connectivity index (χ1n) is 13.1. The van der Waals surface area contributed by atoms with E-state index in [1.54, 1.807) is 0 Å². The normalized spacial score (nSPS) is 21.3. The molecule has 0 aliphatic carbocycles. The first-order valence-corrected chi connectivity index (χ1v) is 13.1. The second-order valence-corrected chi connectivity index (χ2v) is 10.2. The average molecular weight is 504 g/mol. The maximum Gasteiger partial charge on any atom is 0.313 e. The molecule has 2 fully saturated rings. The molecule has 0 N–H and O–H groups in total. The zero-order valence-electron chi connectivity index (χ0n) is 21.6. The SMILES string of the molecule is C[C@@H]1CN(c2ccc(-c3cnc4c(-c5ccc(C#N)cc5)cccc4c3C3CCOC3=O)cc2)C[C@H](C)O1. The van der Waals surface area contributed by atoms with Crippen molar-refractivity contribution in [2.24, 2.45) is 0 Å². The minimum atomic E-state index is -0.340. The van der Waals surface area contributed by atoms with Crippen LogP contribution >= 0.6 is 0 Å². The number of carbonyl (C=O) groups is 1. The molecular formula is C32H29N3O3. The number of fused-ring (bicyclic) bond motifs is 1. The first kappa shape index (κ1) is 24.1. The van der Waals surface area contributed by atoms with Gasteiger partial charge < -0.3 is 14.4 Å². The summed E-state index contributed by atoms with van der Waals surface area (Å²) in [7, 11) is 0. The summed E-state index contributed by atoms with van der Waals surface area (Å²) in [5.41, 5.74) is 7.50. The number of carbonyl (C=O) groups excluding carboxylic acids is 1. The summed E-state index contributed by atoms with van der Waals surface area (Å²) >= 11 is 0. The van der Waals surface area contributed by atoms with Gasteiger partial charge in [0.15, 0.2) is 0 Å². The number of benzene rings is 3. The number of aromatic nitrogens is 1. The van der Waals surface area contributed by atoms with Crippen LogP contribution < -0.4 is 4.90 Å². The second kappa shape index (κ2) is 9.92. The molecule has 3 heterocycles. The fraction of sp³-hybridized carbons (Fsp3) is 0.281. The number of ether oxygens (including phenoxy) is 2. The minimum Gasteiger partial charge on any atom is -0.465 e. The van der Waals surface area contributed by atoms with Crippen molar-refractivity contribution in [1.82, 2.24) is 4.98 Å². The number of para-hydroxylation sites is 1. The van der Waals surface area contributed by atoms with E-state index in [9.17, 15) is 10.1 Å². The van der Waals surface area contributed by atoms with E-state index in [2.05, 4.69) is 49.1 Å². The maximum absolute atomic E-state index is 12.9. The van der Waals surface area contributed by atoms with E-state index >= 15 is 0 Å². The van der Waals surface area contributed by atoms with E-state index in [1.807, 2.05) is 48.7 Å². The van der Waals surface area contributed by atoms with Crippen molar-refractivity contribution in [3.8, 4) is 28.3 Å². The molecule has 1 aromatic heterocycles. The second-order valence-electron chi connectivity index (χ2n) is 10.2. The van der Waals surface area contributed by atoms with Crippen molar-refractivity contribution in [3.63, 3.8) is 0 Å². The van der Waals surface area contributed by atoms with E-state index in [4.69, 9.17) is 14.5 Å². The van der Waals surface area contributed by atoms with E-state index in [0.717, 1.165) is 57.5 Å². The minimum absolute atomic E-state index is 0.185. The van der Waals surface area contributed by atoms with Crippen molar-refractivity contribution >= 4 is 22.6 Å². The van der Waals surface area contributed by atoms with Crippen LogP contribution in [0.3, 0.4) is 0 Å². The van der Waals surface area contributed by atoms with Gasteiger partial charge in [0.05, 0.1) is 41.9 Å². The first-order chi connectivity index (χ1) is 18.5. The zero-order valence-corrected chi connectivity index (χ0v) is 21.6. The molecule has 6 nitrogen and oxygen atoms in total. The molecule has 6 rings (SSSR count). The van der Waals surface area contributed by atoms with Crippen molar-refractivity contribution in [3.05, 3.63) is 84.1 Å². The predicted octanol–water partition coefficient (Wildman–Crippen LogP) is 6.08. The van der Waals surface area contributed by atoms with Crippen molar-refractivity contribution in [1.29, 1.82) is 5.26 Å². The Labute approximate surface area is 222 Å². The van der Waals surface area contributed by atoms with Gasteiger partial charge in [0.1, 0.15) is 0 Å². The third-order valence-electron chi connectivity index (χ3n) is 7.51. The molecule has 0 saturated carbocycles. The van der Waals surface area contributed by atoms with Crippen LogP contribution in [0.15, 0.2) is 72.9 Å². The van der Waals surface area contributed by atoms with Crippen molar-refractivity contribution in [2.75, 3.05) is 24.6 Å². The molecule has 6 heteroatoms. The summed E-state index contributed by atoms with van der Waals surface area (Å²) in [6.07, 6.45) is 2.92. The number of nitriles is 1. The largest absolute Gasteiger partial charge is 0.465 e. The lowest BCUT2D eigenvalue weighted by Gasteiger charge is -2.37. The molecule has 0 amide bonds. The smallest absolute Gasteiger partial charge is 0.313 e. The topological polar surface area (TPSA) is 75.5 Å². The molecule has 2 aliphatic heterocycles. The third kappa shape index (κ3) is 4.40. The highest BCUT2D eigenvalue weighted by Crippen LogP contribution is 2.41. The van der Waals surface area contributed by atoms with Crippen LogP contribution in [0.25, 0.3) is 33.2 Å². The molecule has 0 spiro atoms. The van der Waals surface area contributed by atoms with Gasteiger partial charge in [-0.15, -0.1) is 0 Å².